The summed E-state index contributed by atoms with van der Waals surface area (Å²) in [6, 6.07) is 3.45. The minimum absolute atomic E-state index is 0.0692. The molecule has 0 saturated heterocycles. The third-order valence-corrected chi connectivity index (χ3v) is 3.95. The highest BCUT2D eigenvalue weighted by Crippen LogP contribution is 2.31. The molecule has 3 heterocycles. The van der Waals surface area contributed by atoms with E-state index >= 15 is 0 Å². The van der Waals surface area contributed by atoms with Crippen molar-refractivity contribution >= 4 is 27.3 Å². The van der Waals surface area contributed by atoms with Gasteiger partial charge >= 0.3 is 12.1 Å². The van der Waals surface area contributed by atoms with E-state index in [2.05, 4.69) is 35.7 Å². The Morgan fingerprint density at radius 3 is 2.76 bits per heavy atom. The fourth-order valence-electron chi connectivity index (χ4n) is 1.61. The Hall–Kier alpha value is -1.68. The van der Waals surface area contributed by atoms with Gasteiger partial charge in [0.1, 0.15) is 0 Å². The highest BCUT2D eigenvalue weighted by atomic mass is 79.9. The third-order valence-electron chi connectivity index (χ3n) is 2.47. The standard InChI is InChI=1S/C11H6BrF3N4OS/c12-6-3-16-19(4-6)5-7-1-2-8(21-7)9-17-10(20-18-9)11(13,14)15/h1-4H,5H2. The van der Waals surface area contributed by atoms with Gasteiger partial charge in [-0.2, -0.15) is 23.3 Å². The molecule has 0 aliphatic rings. The maximum atomic E-state index is 12.4. The summed E-state index contributed by atoms with van der Waals surface area (Å²) in [5.41, 5.74) is 0. The van der Waals surface area contributed by atoms with Crippen LogP contribution in [0.15, 0.2) is 33.5 Å². The number of rotatable bonds is 3. The lowest BCUT2D eigenvalue weighted by Crippen LogP contribution is -2.04. The van der Waals surface area contributed by atoms with Crippen molar-refractivity contribution in [1.82, 2.24) is 19.9 Å². The van der Waals surface area contributed by atoms with Gasteiger partial charge in [-0.05, 0) is 28.1 Å². The van der Waals surface area contributed by atoms with Gasteiger partial charge in [0, 0.05) is 11.1 Å². The Morgan fingerprint density at radius 2 is 2.14 bits per heavy atom. The van der Waals surface area contributed by atoms with Crippen molar-refractivity contribution in [3.8, 4) is 10.7 Å². The number of halogens is 4. The van der Waals surface area contributed by atoms with E-state index in [4.69, 9.17) is 0 Å². The number of aromatic nitrogens is 4. The van der Waals surface area contributed by atoms with Gasteiger partial charge in [0.15, 0.2) is 0 Å². The van der Waals surface area contributed by atoms with Crippen molar-refractivity contribution in [1.29, 1.82) is 0 Å². The largest absolute Gasteiger partial charge is 0.471 e. The summed E-state index contributed by atoms with van der Waals surface area (Å²) >= 11 is 4.58. The predicted octanol–water partition coefficient (Wildman–Crippen LogP) is 3.82. The summed E-state index contributed by atoms with van der Waals surface area (Å²) < 4.78 is 44.0. The van der Waals surface area contributed by atoms with Gasteiger partial charge in [-0.1, -0.05) is 5.16 Å². The van der Waals surface area contributed by atoms with E-state index in [1.54, 1.807) is 29.2 Å². The monoisotopic (exact) mass is 378 g/mol. The predicted molar refractivity (Wildman–Crippen MR) is 71.6 cm³/mol. The molecule has 0 amide bonds. The van der Waals surface area contributed by atoms with E-state index in [-0.39, 0.29) is 5.82 Å². The Balaban J connectivity index is 1.80. The fourth-order valence-corrected chi connectivity index (χ4v) is 2.86. The number of alkyl halides is 3. The molecule has 0 atom stereocenters. The van der Waals surface area contributed by atoms with Crippen molar-refractivity contribution in [2.75, 3.05) is 0 Å². The zero-order chi connectivity index (χ0) is 15.0. The maximum Gasteiger partial charge on any atom is 0.471 e. The molecule has 0 radical (unpaired) electrons. The van der Waals surface area contributed by atoms with Crippen LogP contribution in [0.4, 0.5) is 13.2 Å². The quantitative estimate of drug-likeness (QED) is 0.694. The molecule has 0 aromatic carbocycles. The molecule has 21 heavy (non-hydrogen) atoms. The summed E-state index contributed by atoms with van der Waals surface area (Å²) in [6.45, 7) is 0.514. The fraction of sp³-hybridized carbons (Fsp3) is 0.182. The average molecular weight is 379 g/mol. The van der Waals surface area contributed by atoms with E-state index in [1.807, 2.05) is 0 Å². The average Bonchev–Trinajstić information content (AvgIpc) is 3.08. The number of hydrogen-bond acceptors (Lipinski definition) is 5. The molecule has 3 rings (SSSR count). The zero-order valence-corrected chi connectivity index (χ0v) is 12.5. The molecule has 5 nitrogen and oxygen atoms in total. The Kier molecular flexibility index (Phi) is 3.57. The first-order valence-corrected chi connectivity index (χ1v) is 7.21. The lowest BCUT2D eigenvalue weighted by Gasteiger charge is -1.96. The zero-order valence-electron chi connectivity index (χ0n) is 10.1. The maximum absolute atomic E-state index is 12.4. The van der Waals surface area contributed by atoms with Crippen LogP contribution in [0.25, 0.3) is 10.7 Å². The highest BCUT2D eigenvalue weighted by molar-refractivity contribution is 9.10. The summed E-state index contributed by atoms with van der Waals surface area (Å²) in [5, 5.41) is 7.46. The Labute approximate surface area is 128 Å². The molecule has 110 valence electrons. The summed E-state index contributed by atoms with van der Waals surface area (Å²) in [5.74, 6) is -1.41. The van der Waals surface area contributed by atoms with Crippen LogP contribution < -0.4 is 0 Å². The molecule has 0 aliphatic carbocycles. The molecule has 0 bridgehead atoms. The molecule has 0 unspecified atom stereocenters. The molecule has 0 spiro atoms. The van der Waals surface area contributed by atoms with Gasteiger partial charge in [0.25, 0.3) is 0 Å². The first-order valence-electron chi connectivity index (χ1n) is 5.60. The summed E-state index contributed by atoms with van der Waals surface area (Å²) in [4.78, 5) is 4.78. The third kappa shape index (κ3) is 3.16. The number of hydrogen-bond donors (Lipinski definition) is 0. The second-order valence-corrected chi connectivity index (χ2v) is 6.13. The van der Waals surface area contributed by atoms with Crippen LogP contribution in [-0.2, 0) is 12.7 Å². The van der Waals surface area contributed by atoms with Crippen LogP contribution in [0.5, 0.6) is 0 Å². The van der Waals surface area contributed by atoms with Gasteiger partial charge < -0.3 is 4.52 Å². The second-order valence-electron chi connectivity index (χ2n) is 4.04. The first kappa shape index (κ1) is 14.3. The van der Waals surface area contributed by atoms with E-state index in [1.165, 1.54) is 11.3 Å². The topological polar surface area (TPSA) is 56.7 Å². The van der Waals surface area contributed by atoms with Crippen molar-refractivity contribution in [3.05, 3.63) is 39.8 Å². The van der Waals surface area contributed by atoms with E-state index in [0.29, 0.717) is 11.4 Å². The van der Waals surface area contributed by atoms with Crippen LogP contribution >= 0.6 is 27.3 Å². The van der Waals surface area contributed by atoms with Crippen molar-refractivity contribution in [2.24, 2.45) is 0 Å². The SMILES string of the molecule is FC(F)(F)c1nc(-c2ccc(Cn3cc(Br)cn3)s2)no1. The molecule has 0 saturated carbocycles. The van der Waals surface area contributed by atoms with Crippen molar-refractivity contribution in [3.63, 3.8) is 0 Å². The summed E-state index contributed by atoms with van der Waals surface area (Å²) in [7, 11) is 0. The van der Waals surface area contributed by atoms with Crippen LogP contribution in [-0.4, -0.2) is 19.9 Å². The molecule has 0 N–H and O–H groups in total. The van der Waals surface area contributed by atoms with E-state index < -0.39 is 12.1 Å². The van der Waals surface area contributed by atoms with Gasteiger partial charge in [0.2, 0.25) is 5.82 Å². The van der Waals surface area contributed by atoms with Gasteiger partial charge in [-0.3, -0.25) is 4.68 Å². The number of nitrogens with zero attached hydrogens (tertiary/aromatic N) is 4. The highest BCUT2D eigenvalue weighted by Gasteiger charge is 2.38. The van der Waals surface area contributed by atoms with E-state index in [0.717, 1.165) is 9.35 Å². The van der Waals surface area contributed by atoms with Gasteiger partial charge in [0.05, 0.1) is 22.1 Å². The smallest absolute Gasteiger partial charge is 0.329 e. The molecule has 10 heteroatoms. The Morgan fingerprint density at radius 1 is 1.33 bits per heavy atom. The second kappa shape index (κ2) is 5.26. The summed E-state index contributed by atoms with van der Waals surface area (Å²) in [6.07, 6.45) is -1.18. The van der Waals surface area contributed by atoms with Crippen molar-refractivity contribution in [2.45, 2.75) is 12.7 Å². The normalized spacial score (nSPS) is 12.0. The number of thiophene rings is 1. The van der Waals surface area contributed by atoms with Crippen LogP contribution in [0.1, 0.15) is 10.8 Å². The molecule has 3 aromatic rings. The molecule has 0 fully saturated rings. The first-order chi connectivity index (χ1) is 9.91. The van der Waals surface area contributed by atoms with Crippen LogP contribution in [0.2, 0.25) is 0 Å². The Bertz CT molecular complexity index is 763. The lowest BCUT2D eigenvalue weighted by atomic mass is 10.4. The molecule has 0 aliphatic heterocycles. The van der Waals surface area contributed by atoms with Crippen LogP contribution in [0.3, 0.4) is 0 Å². The molecule has 3 aromatic heterocycles. The molecular formula is C11H6BrF3N4OS. The lowest BCUT2D eigenvalue weighted by molar-refractivity contribution is -0.159. The minimum Gasteiger partial charge on any atom is -0.329 e. The minimum atomic E-state index is -4.63. The van der Waals surface area contributed by atoms with Gasteiger partial charge in [-0.25, -0.2) is 0 Å². The van der Waals surface area contributed by atoms with Crippen LogP contribution in [0, 0.1) is 0 Å². The van der Waals surface area contributed by atoms with E-state index in [9.17, 15) is 13.2 Å². The molecular weight excluding hydrogens is 373 g/mol. The van der Waals surface area contributed by atoms with Crippen molar-refractivity contribution < 1.29 is 17.7 Å². The van der Waals surface area contributed by atoms with Gasteiger partial charge in [-0.15, -0.1) is 11.3 Å².